The van der Waals surface area contributed by atoms with Gasteiger partial charge < -0.3 is 45.1 Å². The lowest BCUT2D eigenvalue weighted by molar-refractivity contribution is -0.305. The topological polar surface area (TPSA) is 175 Å². The summed E-state index contributed by atoms with van der Waals surface area (Å²) >= 11 is 0. The SMILES string of the molecule is CCCCCCCC/C=C/CCCCCCCCCCCCCCC(O)C(=O)NC(COC1OC(CO)C(O)C(O)C1OC(=O)CCCCCCCCCCCCC)C(O)/C=C/CCCCCCCCCCC. The second-order valence-corrected chi connectivity index (χ2v) is 21.8. The Bertz CT molecular complexity index is 1280. The van der Waals surface area contributed by atoms with Crippen LogP contribution in [0.4, 0.5) is 0 Å². The molecular formula is C62H117NO10. The number of aliphatic hydroxyl groups excluding tert-OH is 5. The van der Waals surface area contributed by atoms with Crippen molar-refractivity contribution in [2.45, 2.75) is 346 Å². The average Bonchev–Trinajstić information content (AvgIpc) is 3.39. The van der Waals surface area contributed by atoms with Gasteiger partial charge in [0.25, 0.3) is 0 Å². The van der Waals surface area contributed by atoms with Crippen LogP contribution in [0.1, 0.15) is 297 Å². The number of allylic oxidation sites excluding steroid dienone is 3. The van der Waals surface area contributed by atoms with Crippen LogP contribution >= 0.6 is 0 Å². The molecule has 1 fully saturated rings. The number of hydrogen-bond acceptors (Lipinski definition) is 10. The average molecular weight is 1040 g/mol. The van der Waals surface area contributed by atoms with E-state index in [-0.39, 0.29) is 13.0 Å². The standard InChI is InChI=1S/C62H117NO10/c1-4-7-10-13-16-19-22-23-24-25-26-27-28-29-30-31-32-35-37-40-43-46-49-55(66)61(70)63-53(54(65)48-45-42-39-36-33-20-17-14-11-8-5-2)52-71-62-60(59(69)58(68)56(51-64)72-62)73-57(67)50-47-44-41-38-34-21-18-15-12-9-6-3/h23-24,45,48,53-56,58-60,62,64-66,68-69H,4-22,25-44,46-47,49-52H2,1-3H3,(H,63,70)/b24-23+,48-45+. The van der Waals surface area contributed by atoms with Crippen molar-refractivity contribution in [3.8, 4) is 0 Å². The highest BCUT2D eigenvalue weighted by Crippen LogP contribution is 2.26. The summed E-state index contributed by atoms with van der Waals surface area (Å²) in [6.07, 6.45) is 48.0. The van der Waals surface area contributed by atoms with E-state index in [0.717, 1.165) is 57.8 Å². The lowest BCUT2D eigenvalue weighted by Gasteiger charge is -2.41. The summed E-state index contributed by atoms with van der Waals surface area (Å²) in [5.74, 6) is -1.18. The molecule has 0 radical (unpaired) electrons. The summed E-state index contributed by atoms with van der Waals surface area (Å²) in [4.78, 5) is 26.5. The molecule has 1 aliphatic rings. The first-order valence-corrected chi connectivity index (χ1v) is 31.1. The molecule has 0 aromatic heterocycles. The van der Waals surface area contributed by atoms with Gasteiger partial charge in [-0.15, -0.1) is 0 Å². The smallest absolute Gasteiger partial charge is 0.306 e. The predicted molar refractivity (Wildman–Crippen MR) is 301 cm³/mol. The second kappa shape index (κ2) is 50.9. The minimum Gasteiger partial charge on any atom is -0.454 e. The van der Waals surface area contributed by atoms with E-state index in [1.807, 2.05) is 6.08 Å². The first-order valence-electron chi connectivity index (χ1n) is 31.1. The van der Waals surface area contributed by atoms with Gasteiger partial charge in [-0.1, -0.05) is 263 Å². The summed E-state index contributed by atoms with van der Waals surface area (Å²) in [7, 11) is 0. The van der Waals surface area contributed by atoms with Crippen molar-refractivity contribution in [3.63, 3.8) is 0 Å². The van der Waals surface area contributed by atoms with Crippen molar-refractivity contribution in [2.75, 3.05) is 13.2 Å². The number of carbonyl (C=O) groups excluding carboxylic acids is 2. The fourth-order valence-corrected chi connectivity index (χ4v) is 9.88. The Morgan fingerprint density at radius 2 is 0.904 bits per heavy atom. The van der Waals surface area contributed by atoms with Gasteiger partial charge in [-0.3, -0.25) is 9.59 Å². The van der Waals surface area contributed by atoms with Crippen molar-refractivity contribution in [1.29, 1.82) is 0 Å². The van der Waals surface area contributed by atoms with Crippen LogP contribution in [0.5, 0.6) is 0 Å². The third-order valence-electron chi connectivity index (χ3n) is 14.9. The maximum atomic E-state index is 13.4. The van der Waals surface area contributed by atoms with E-state index in [1.165, 1.54) is 193 Å². The molecule has 0 spiro atoms. The number of rotatable bonds is 53. The van der Waals surface area contributed by atoms with E-state index in [4.69, 9.17) is 14.2 Å². The van der Waals surface area contributed by atoms with Gasteiger partial charge in [0.1, 0.15) is 24.4 Å². The molecular weight excluding hydrogens is 919 g/mol. The summed E-state index contributed by atoms with van der Waals surface area (Å²) in [5.41, 5.74) is 0. The van der Waals surface area contributed by atoms with Crippen LogP contribution in [0.25, 0.3) is 0 Å². The summed E-state index contributed by atoms with van der Waals surface area (Å²) < 4.78 is 17.6. The Hall–Kier alpha value is -1.86. The van der Waals surface area contributed by atoms with Crippen molar-refractivity contribution >= 4 is 11.9 Å². The van der Waals surface area contributed by atoms with E-state index in [9.17, 15) is 35.1 Å². The zero-order chi connectivity index (χ0) is 53.3. The molecule has 1 rings (SSSR count). The first-order chi connectivity index (χ1) is 35.7. The van der Waals surface area contributed by atoms with Gasteiger partial charge in [0.2, 0.25) is 5.91 Å². The molecule has 1 aliphatic heterocycles. The third-order valence-corrected chi connectivity index (χ3v) is 14.9. The van der Waals surface area contributed by atoms with E-state index >= 15 is 0 Å². The number of ether oxygens (including phenoxy) is 3. The van der Waals surface area contributed by atoms with Gasteiger partial charge in [0.05, 0.1) is 25.4 Å². The summed E-state index contributed by atoms with van der Waals surface area (Å²) in [6.45, 7) is 5.78. The number of nitrogens with one attached hydrogen (secondary N) is 1. The second-order valence-electron chi connectivity index (χ2n) is 21.8. The van der Waals surface area contributed by atoms with Gasteiger partial charge in [0.15, 0.2) is 12.4 Å². The molecule has 1 amide bonds. The normalized spacial score (nSPS) is 19.5. The van der Waals surface area contributed by atoms with E-state index in [2.05, 4.69) is 38.2 Å². The lowest BCUT2D eigenvalue weighted by atomic mass is 9.99. The Morgan fingerprint density at radius 1 is 0.521 bits per heavy atom. The molecule has 8 unspecified atom stereocenters. The van der Waals surface area contributed by atoms with Gasteiger partial charge in [0, 0.05) is 6.42 Å². The van der Waals surface area contributed by atoms with Crippen molar-refractivity contribution in [2.24, 2.45) is 0 Å². The molecule has 1 heterocycles. The first kappa shape index (κ1) is 69.2. The molecule has 1 saturated heterocycles. The van der Waals surface area contributed by atoms with E-state index < -0.39 is 67.4 Å². The molecule has 11 heteroatoms. The molecule has 0 aromatic rings. The highest BCUT2D eigenvalue weighted by Gasteiger charge is 2.47. The molecule has 0 saturated carbocycles. The van der Waals surface area contributed by atoms with Crippen LogP contribution < -0.4 is 5.32 Å². The van der Waals surface area contributed by atoms with Gasteiger partial charge >= 0.3 is 5.97 Å². The number of esters is 1. The van der Waals surface area contributed by atoms with Crippen LogP contribution in [0.3, 0.4) is 0 Å². The van der Waals surface area contributed by atoms with Crippen LogP contribution in [-0.2, 0) is 23.8 Å². The minimum atomic E-state index is -1.61. The molecule has 0 aromatic carbocycles. The maximum absolute atomic E-state index is 13.4. The van der Waals surface area contributed by atoms with Gasteiger partial charge in [-0.05, 0) is 51.4 Å². The zero-order valence-electron chi connectivity index (χ0n) is 47.5. The Morgan fingerprint density at radius 3 is 1.33 bits per heavy atom. The fourth-order valence-electron chi connectivity index (χ4n) is 9.88. The van der Waals surface area contributed by atoms with Crippen LogP contribution in [0.2, 0.25) is 0 Å². The fraction of sp³-hybridized carbons (Fsp3) is 0.903. The predicted octanol–water partition coefficient (Wildman–Crippen LogP) is 14.5. The molecule has 11 nitrogen and oxygen atoms in total. The Balaban J connectivity index is 2.61. The zero-order valence-corrected chi connectivity index (χ0v) is 47.5. The molecule has 6 N–H and O–H groups in total. The van der Waals surface area contributed by atoms with Crippen molar-refractivity contribution < 1.29 is 49.3 Å². The Labute approximate surface area is 448 Å². The summed E-state index contributed by atoms with van der Waals surface area (Å²) in [5, 5.41) is 56.9. The Kier molecular flexibility index (Phi) is 48.2. The third kappa shape index (κ3) is 39.2. The van der Waals surface area contributed by atoms with Crippen molar-refractivity contribution in [3.05, 3.63) is 24.3 Å². The van der Waals surface area contributed by atoms with Crippen LogP contribution in [0.15, 0.2) is 24.3 Å². The minimum absolute atomic E-state index is 0.129. The number of unbranched alkanes of at least 4 members (excludes halogenated alkanes) is 37. The molecule has 73 heavy (non-hydrogen) atoms. The van der Waals surface area contributed by atoms with E-state index in [0.29, 0.717) is 19.3 Å². The van der Waals surface area contributed by atoms with Crippen molar-refractivity contribution in [1.82, 2.24) is 5.32 Å². The quantitative estimate of drug-likeness (QED) is 0.0195. The number of amides is 1. The largest absolute Gasteiger partial charge is 0.454 e. The molecule has 8 atom stereocenters. The lowest BCUT2D eigenvalue weighted by Crippen LogP contribution is -2.61. The van der Waals surface area contributed by atoms with Gasteiger partial charge in [-0.2, -0.15) is 0 Å². The van der Waals surface area contributed by atoms with Crippen LogP contribution in [0, 0.1) is 0 Å². The number of aliphatic hydroxyl groups is 5. The highest BCUT2D eigenvalue weighted by atomic mass is 16.7. The number of hydrogen-bond donors (Lipinski definition) is 6. The number of carbonyl (C=O) groups is 2. The van der Waals surface area contributed by atoms with Gasteiger partial charge in [-0.25, -0.2) is 0 Å². The van der Waals surface area contributed by atoms with E-state index in [1.54, 1.807) is 6.08 Å². The summed E-state index contributed by atoms with van der Waals surface area (Å²) in [6, 6.07) is -1.02. The maximum Gasteiger partial charge on any atom is 0.306 e. The molecule has 0 aliphatic carbocycles. The molecule has 0 bridgehead atoms. The molecule has 430 valence electrons. The monoisotopic (exact) mass is 1040 g/mol. The van der Waals surface area contributed by atoms with Crippen LogP contribution in [-0.4, -0.2) is 99.6 Å². The highest BCUT2D eigenvalue weighted by molar-refractivity contribution is 5.80.